The number of nitrogens with zero attached hydrogens (tertiary/aromatic N) is 1. The lowest BCUT2D eigenvalue weighted by Gasteiger charge is -2.34. The lowest BCUT2D eigenvalue weighted by atomic mass is 10.1. The van der Waals surface area contributed by atoms with Crippen LogP contribution in [0.3, 0.4) is 0 Å². The van der Waals surface area contributed by atoms with Crippen molar-refractivity contribution in [2.75, 3.05) is 25.1 Å². The van der Waals surface area contributed by atoms with Crippen molar-refractivity contribution >= 4 is 37.8 Å². The van der Waals surface area contributed by atoms with E-state index in [1.54, 1.807) is 11.0 Å². The Morgan fingerprint density at radius 3 is 3.00 bits per heavy atom. The van der Waals surface area contributed by atoms with Gasteiger partial charge in [0.05, 0.1) is 24.8 Å². The predicted molar refractivity (Wildman–Crippen MR) is 73.5 cm³/mol. The van der Waals surface area contributed by atoms with Gasteiger partial charge in [-0.25, -0.2) is 4.39 Å². The van der Waals surface area contributed by atoms with Gasteiger partial charge in [0.15, 0.2) is 0 Å². The third kappa shape index (κ3) is 2.92. The normalized spacial score (nSPS) is 19.9. The molecule has 0 radical (unpaired) electrons. The molecule has 0 saturated carbocycles. The van der Waals surface area contributed by atoms with Crippen molar-refractivity contribution in [2.24, 2.45) is 0 Å². The highest BCUT2D eigenvalue weighted by Gasteiger charge is 2.28. The first-order chi connectivity index (χ1) is 8.63. The predicted octanol–water partition coefficient (Wildman–Crippen LogP) is 2.82. The number of carbonyl (C=O) groups excluding carboxylic acids is 1. The lowest BCUT2D eigenvalue weighted by molar-refractivity contribution is 0.00500. The third-order valence-electron chi connectivity index (χ3n) is 2.83. The van der Waals surface area contributed by atoms with Crippen molar-refractivity contribution in [1.82, 2.24) is 4.90 Å². The Kier molecular flexibility index (Phi) is 4.75. The molecule has 6 heteroatoms. The maximum Gasteiger partial charge on any atom is 0.257 e. The first-order valence-corrected chi connectivity index (χ1v) is 7.44. The van der Waals surface area contributed by atoms with E-state index in [1.165, 1.54) is 12.1 Å². The van der Waals surface area contributed by atoms with Gasteiger partial charge in [-0.3, -0.25) is 4.79 Å². The SMILES string of the molecule is O=C(c1ccc(Br)cc1F)N1CCOCC1CBr. The van der Waals surface area contributed by atoms with E-state index in [9.17, 15) is 9.18 Å². The minimum Gasteiger partial charge on any atom is -0.377 e. The van der Waals surface area contributed by atoms with E-state index in [2.05, 4.69) is 31.9 Å². The minimum atomic E-state index is -0.505. The van der Waals surface area contributed by atoms with Crippen LogP contribution in [0.4, 0.5) is 4.39 Å². The van der Waals surface area contributed by atoms with Crippen LogP contribution >= 0.6 is 31.9 Å². The highest BCUT2D eigenvalue weighted by molar-refractivity contribution is 9.10. The molecule has 18 heavy (non-hydrogen) atoms. The molecule has 0 aromatic heterocycles. The Bertz CT molecular complexity index is 456. The number of benzene rings is 1. The Morgan fingerprint density at radius 2 is 2.33 bits per heavy atom. The quantitative estimate of drug-likeness (QED) is 0.738. The fourth-order valence-corrected chi connectivity index (χ4v) is 2.74. The van der Waals surface area contributed by atoms with Crippen LogP contribution < -0.4 is 0 Å². The minimum absolute atomic E-state index is 0.0469. The fourth-order valence-electron chi connectivity index (χ4n) is 1.87. The second-order valence-electron chi connectivity index (χ2n) is 4.01. The van der Waals surface area contributed by atoms with Crippen molar-refractivity contribution < 1.29 is 13.9 Å². The molecule has 0 N–H and O–H groups in total. The smallest absolute Gasteiger partial charge is 0.257 e. The summed E-state index contributed by atoms with van der Waals surface area (Å²) in [5.74, 6) is -0.790. The van der Waals surface area contributed by atoms with Crippen LogP contribution in [0.2, 0.25) is 0 Å². The molecule has 1 saturated heterocycles. The number of carbonyl (C=O) groups is 1. The third-order valence-corrected chi connectivity index (χ3v) is 4.07. The molecule has 1 heterocycles. The molecule has 0 spiro atoms. The highest BCUT2D eigenvalue weighted by Crippen LogP contribution is 2.19. The number of halogens is 3. The van der Waals surface area contributed by atoms with Crippen LogP contribution in [0.25, 0.3) is 0 Å². The van der Waals surface area contributed by atoms with Gasteiger partial charge in [0, 0.05) is 16.3 Å². The van der Waals surface area contributed by atoms with E-state index in [1.807, 2.05) is 0 Å². The van der Waals surface area contributed by atoms with E-state index < -0.39 is 5.82 Å². The van der Waals surface area contributed by atoms with E-state index in [0.717, 1.165) is 0 Å². The van der Waals surface area contributed by atoms with Gasteiger partial charge in [0.1, 0.15) is 5.82 Å². The Balaban J connectivity index is 2.24. The molecule has 2 rings (SSSR count). The fraction of sp³-hybridized carbons (Fsp3) is 0.417. The van der Waals surface area contributed by atoms with Gasteiger partial charge in [-0.2, -0.15) is 0 Å². The van der Waals surface area contributed by atoms with Gasteiger partial charge in [-0.05, 0) is 18.2 Å². The van der Waals surface area contributed by atoms with E-state index in [-0.39, 0.29) is 17.5 Å². The van der Waals surface area contributed by atoms with Gasteiger partial charge >= 0.3 is 0 Å². The topological polar surface area (TPSA) is 29.5 Å². The highest BCUT2D eigenvalue weighted by atomic mass is 79.9. The zero-order valence-electron chi connectivity index (χ0n) is 9.54. The summed E-state index contributed by atoms with van der Waals surface area (Å²) >= 11 is 6.52. The maximum absolute atomic E-state index is 13.8. The number of ether oxygens (including phenoxy) is 1. The molecular formula is C12H12Br2FNO2. The zero-order valence-corrected chi connectivity index (χ0v) is 12.7. The molecule has 1 aromatic carbocycles. The number of hydrogen-bond donors (Lipinski definition) is 0. The summed E-state index contributed by atoms with van der Waals surface area (Å²) in [6.45, 7) is 1.47. The second kappa shape index (κ2) is 6.12. The molecule has 1 unspecified atom stereocenters. The Labute approximate surface area is 122 Å². The summed E-state index contributed by atoms with van der Waals surface area (Å²) in [5, 5.41) is 0.622. The van der Waals surface area contributed by atoms with Crippen LogP contribution in [0.1, 0.15) is 10.4 Å². The standard InChI is InChI=1S/C12H12Br2FNO2/c13-6-9-7-18-4-3-16(9)12(17)10-2-1-8(14)5-11(10)15/h1-2,5,9H,3-4,6-7H2. The molecular weight excluding hydrogens is 369 g/mol. The van der Waals surface area contributed by atoms with Crippen molar-refractivity contribution in [3.05, 3.63) is 34.1 Å². The summed E-state index contributed by atoms with van der Waals surface area (Å²) in [6, 6.07) is 4.42. The molecule has 98 valence electrons. The zero-order chi connectivity index (χ0) is 13.1. The van der Waals surface area contributed by atoms with E-state index >= 15 is 0 Å². The molecule has 0 aliphatic carbocycles. The van der Waals surface area contributed by atoms with Gasteiger partial charge < -0.3 is 9.64 Å². The van der Waals surface area contributed by atoms with Crippen molar-refractivity contribution in [1.29, 1.82) is 0 Å². The number of amides is 1. The average Bonchev–Trinajstić information content (AvgIpc) is 2.38. The number of hydrogen-bond acceptors (Lipinski definition) is 2. The van der Waals surface area contributed by atoms with Crippen LogP contribution in [0.5, 0.6) is 0 Å². The van der Waals surface area contributed by atoms with Crippen molar-refractivity contribution in [2.45, 2.75) is 6.04 Å². The van der Waals surface area contributed by atoms with Crippen molar-refractivity contribution in [3.63, 3.8) is 0 Å². The van der Waals surface area contributed by atoms with Gasteiger partial charge in [0.25, 0.3) is 5.91 Å². The monoisotopic (exact) mass is 379 g/mol. The van der Waals surface area contributed by atoms with Crippen molar-refractivity contribution in [3.8, 4) is 0 Å². The molecule has 1 amide bonds. The molecule has 1 aliphatic heterocycles. The van der Waals surface area contributed by atoms with Crippen LogP contribution in [0.15, 0.2) is 22.7 Å². The lowest BCUT2D eigenvalue weighted by Crippen LogP contribution is -2.49. The summed E-state index contributed by atoms with van der Waals surface area (Å²) in [6.07, 6.45) is 0. The largest absolute Gasteiger partial charge is 0.377 e. The summed E-state index contributed by atoms with van der Waals surface area (Å²) in [5.41, 5.74) is 0.103. The van der Waals surface area contributed by atoms with Gasteiger partial charge in [-0.15, -0.1) is 0 Å². The molecule has 1 atom stereocenters. The summed E-state index contributed by atoms with van der Waals surface area (Å²) in [4.78, 5) is 14.0. The first-order valence-electron chi connectivity index (χ1n) is 5.53. The van der Waals surface area contributed by atoms with Crippen LogP contribution in [-0.4, -0.2) is 41.9 Å². The van der Waals surface area contributed by atoms with Crippen LogP contribution in [0, 0.1) is 5.82 Å². The molecule has 1 fully saturated rings. The molecule has 1 aliphatic rings. The average molecular weight is 381 g/mol. The molecule has 3 nitrogen and oxygen atoms in total. The second-order valence-corrected chi connectivity index (χ2v) is 5.57. The first kappa shape index (κ1) is 14.0. The van der Waals surface area contributed by atoms with E-state index in [4.69, 9.17) is 4.74 Å². The summed E-state index contributed by atoms with van der Waals surface area (Å²) in [7, 11) is 0. The number of morpholine rings is 1. The van der Waals surface area contributed by atoms with E-state index in [0.29, 0.717) is 29.6 Å². The Hall–Kier alpha value is -0.460. The van der Waals surface area contributed by atoms with Gasteiger partial charge in [-0.1, -0.05) is 31.9 Å². The summed E-state index contributed by atoms with van der Waals surface area (Å²) < 4.78 is 19.7. The molecule has 0 bridgehead atoms. The molecule has 1 aromatic rings. The number of rotatable bonds is 2. The van der Waals surface area contributed by atoms with Crippen LogP contribution in [-0.2, 0) is 4.74 Å². The Morgan fingerprint density at radius 1 is 1.56 bits per heavy atom. The maximum atomic E-state index is 13.8. The number of alkyl halides is 1. The van der Waals surface area contributed by atoms with Gasteiger partial charge in [0.2, 0.25) is 0 Å².